The first-order valence-corrected chi connectivity index (χ1v) is 8.30. The molecule has 0 radical (unpaired) electrons. The lowest BCUT2D eigenvalue weighted by Gasteiger charge is -2.17. The van der Waals surface area contributed by atoms with Gasteiger partial charge in [0.05, 0.1) is 22.9 Å². The number of nitrogens with zero attached hydrogens (tertiary/aromatic N) is 1. The Bertz CT molecular complexity index is 788. The summed E-state index contributed by atoms with van der Waals surface area (Å²) in [6.07, 6.45) is 1.52. The molecule has 1 aliphatic rings. The summed E-state index contributed by atoms with van der Waals surface area (Å²) >= 11 is 6.16. The number of ether oxygens (including phenoxy) is 1. The molecule has 0 saturated carbocycles. The highest BCUT2D eigenvalue weighted by Gasteiger charge is 2.36. The molecule has 4 nitrogen and oxygen atoms in total. The average Bonchev–Trinajstić information content (AvgIpc) is 2.82. The molecule has 0 spiro atoms. The van der Waals surface area contributed by atoms with Gasteiger partial charge in [-0.1, -0.05) is 35.9 Å². The van der Waals surface area contributed by atoms with Gasteiger partial charge in [-0.15, -0.1) is 0 Å². The fourth-order valence-electron chi connectivity index (χ4n) is 2.80. The molecule has 1 amide bonds. The monoisotopic (exact) mass is 343 g/mol. The number of fused-ring (bicyclic) bond motifs is 1. The molecule has 2 aromatic rings. The summed E-state index contributed by atoms with van der Waals surface area (Å²) < 4.78 is 5.75. The van der Waals surface area contributed by atoms with Crippen LogP contribution in [-0.4, -0.2) is 24.8 Å². The summed E-state index contributed by atoms with van der Waals surface area (Å²) in [6, 6.07) is 12.9. The Labute approximate surface area is 146 Å². The number of rotatable bonds is 6. The average molecular weight is 344 g/mol. The lowest BCUT2D eigenvalue weighted by Crippen LogP contribution is -2.31. The maximum atomic E-state index is 12.1. The van der Waals surface area contributed by atoms with Gasteiger partial charge in [0, 0.05) is 6.54 Å². The maximum absolute atomic E-state index is 12.1. The molecule has 1 heterocycles. The second-order valence-electron chi connectivity index (χ2n) is 5.74. The van der Waals surface area contributed by atoms with Crippen molar-refractivity contribution in [1.29, 1.82) is 0 Å². The lowest BCUT2D eigenvalue weighted by molar-refractivity contribution is -0.114. The SMILES string of the molecule is Cc1ccccc1OCCCCN1C(=O)C(=O)c2cccc(Cl)c21. The molecule has 0 bridgehead atoms. The van der Waals surface area contributed by atoms with Crippen molar-refractivity contribution >= 4 is 29.0 Å². The van der Waals surface area contributed by atoms with E-state index in [2.05, 4.69) is 0 Å². The first-order valence-electron chi connectivity index (χ1n) is 7.92. The number of carbonyl (C=O) groups is 2. The summed E-state index contributed by atoms with van der Waals surface area (Å²) in [5.41, 5.74) is 2.02. The summed E-state index contributed by atoms with van der Waals surface area (Å²) in [4.78, 5) is 25.6. The van der Waals surface area contributed by atoms with Crippen molar-refractivity contribution in [3.63, 3.8) is 0 Å². The van der Waals surface area contributed by atoms with Crippen LogP contribution < -0.4 is 9.64 Å². The minimum atomic E-state index is -0.502. The molecular weight excluding hydrogens is 326 g/mol. The summed E-state index contributed by atoms with van der Waals surface area (Å²) in [5, 5.41) is 0.433. The van der Waals surface area contributed by atoms with Gasteiger partial charge in [-0.3, -0.25) is 9.59 Å². The highest BCUT2D eigenvalue weighted by molar-refractivity contribution is 6.54. The highest BCUT2D eigenvalue weighted by atomic mass is 35.5. The number of benzene rings is 2. The van der Waals surface area contributed by atoms with Gasteiger partial charge < -0.3 is 9.64 Å². The normalized spacial score (nSPS) is 13.3. The number of hydrogen-bond acceptors (Lipinski definition) is 3. The van der Waals surface area contributed by atoms with Crippen LogP contribution in [0.5, 0.6) is 5.75 Å². The lowest BCUT2D eigenvalue weighted by atomic mass is 10.1. The van der Waals surface area contributed by atoms with Crippen molar-refractivity contribution in [2.45, 2.75) is 19.8 Å². The standard InChI is InChI=1S/C19H18ClNO3/c1-13-7-2-3-10-16(13)24-12-5-4-11-21-17-14(18(22)19(21)23)8-6-9-15(17)20/h2-3,6-10H,4-5,11-12H2,1H3. The van der Waals surface area contributed by atoms with Crippen molar-refractivity contribution in [1.82, 2.24) is 0 Å². The molecule has 2 aromatic carbocycles. The van der Waals surface area contributed by atoms with Gasteiger partial charge in [0.1, 0.15) is 5.75 Å². The number of aryl methyl sites for hydroxylation is 1. The van der Waals surface area contributed by atoms with E-state index in [9.17, 15) is 9.59 Å². The van der Waals surface area contributed by atoms with Gasteiger partial charge in [0.25, 0.3) is 11.7 Å². The Morgan fingerprint density at radius 1 is 1.04 bits per heavy atom. The number of halogens is 1. The summed E-state index contributed by atoms with van der Waals surface area (Å²) in [6.45, 7) is 3.03. The first-order chi connectivity index (χ1) is 11.6. The fraction of sp³-hybridized carbons (Fsp3) is 0.263. The number of hydrogen-bond donors (Lipinski definition) is 0. The van der Waals surface area contributed by atoms with Crippen LogP contribution >= 0.6 is 11.6 Å². The van der Waals surface area contributed by atoms with Crippen molar-refractivity contribution in [3.05, 3.63) is 58.6 Å². The predicted molar refractivity (Wildman–Crippen MR) is 94.0 cm³/mol. The van der Waals surface area contributed by atoms with Crippen LogP contribution in [0.25, 0.3) is 0 Å². The number of unbranched alkanes of at least 4 members (excludes halogenated alkanes) is 1. The highest BCUT2D eigenvalue weighted by Crippen LogP contribution is 2.35. The van der Waals surface area contributed by atoms with E-state index in [1.807, 2.05) is 31.2 Å². The maximum Gasteiger partial charge on any atom is 0.299 e. The van der Waals surface area contributed by atoms with Crippen molar-refractivity contribution in [2.75, 3.05) is 18.1 Å². The molecule has 0 atom stereocenters. The number of Topliss-reactive ketones (excluding diaryl/α,β-unsaturated/α-hetero) is 1. The molecule has 0 fully saturated rings. The predicted octanol–water partition coefficient (Wildman–Crippen LogP) is 4.04. The number of carbonyl (C=O) groups excluding carboxylic acids is 2. The van der Waals surface area contributed by atoms with Crippen LogP contribution in [0.1, 0.15) is 28.8 Å². The number of amides is 1. The Morgan fingerprint density at radius 2 is 1.83 bits per heavy atom. The minimum Gasteiger partial charge on any atom is -0.493 e. The second-order valence-corrected chi connectivity index (χ2v) is 6.15. The molecule has 124 valence electrons. The third-order valence-electron chi connectivity index (χ3n) is 4.07. The molecule has 0 N–H and O–H groups in total. The second kappa shape index (κ2) is 7.05. The molecule has 3 rings (SSSR count). The Balaban J connectivity index is 1.55. The van der Waals surface area contributed by atoms with E-state index >= 15 is 0 Å². The van der Waals surface area contributed by atoms with Gasteiger partial charge in [-0.05, 0) is 43.5 Å². The molecule has 24 heavy (non-hydrogen) atoms. The third kappa shape index (κ3) is 3.15. The molecule has 1 aliphatic heterocycles. The molecule has 0 aliphatic carbocycles. The smallest absolute Gasteiger partial charge is 0.299 e. The summed E-state index contributed by atoms with van der Waals surface area (Å²) in [5.74, 6) is -0.111. The van der Waals surface area contributed by atoms with Crippen LogP contribution in [0.3, 0.4) is 0 Å². The van der Waals surface area contributed by atoms with Crippen LogP contribution in [0.15, 0.2) is 42.5 Å². The molecule has 0 unspecified atom stereocenters. The first kappa shape index (κ1) is 16.5. The van der Waals surface area contributed by atoms with Crippen LogP contribution in [0, 0.1) is 6.92 Å². The molecule has 5 heteroatoms. The molecule has 0 aromatic heterocycles. The summed E-state index contributed by atoms with van der Waals surface area (Å²) in [7, 11) is 0. The zero-order chi connectivity index (χ0) is 17.1. The van der Waals surface area contributed by atoms with E-state index in [1.165, 1.54) is 4.90 Å². The fourth-order valence-corrected chi connectivity index (χ4v) is 3.07. The Morgan fingerprint density at radius 3 is 2.62 bits per heavy atom. The number of ketones is 1. The van der Waals surface area contributed by atoms with Crippen LogP contribution in [-0.2, 0) is 4.79 Å². The van der Waals surface area contributed by atoms with Gasteiger partial charge in [-0.2, -0.15) is 0 Å². The zero-order valence-corrected chi connectivity index (χ0v) is 14.2. The number of para-hydroxylation sites is 2. The van der Waals surface area contributed by atoms with Crippen molar-refractivity contribution in [3.8, 4) is 5.75 Å². The van der Waals surface area contributed by atoms with Gasteiger partial charge in [-0.25, -0.2) is 0 Å². The number of anilines is 1. The van der Waals surface area contributed by atoms with E-state index in [0.29, 0.717) is 29.4 Å². The quantitative estimate of drug-likeness (QED) is 0.587. The molecular formula is C19H18ClNO3. The topological polar surface area (TPSA) is 46.6 Å². The zero-order valence-electron chi connectivity index (χ0n) is 13.4. The third-order valence-corrected chi connectivity index (χ3v) is 4.37. The van der Waals surface area contributed by atoms with E-state index in [1.54, 1.807) is 18.2 Å². The Hall–Kier alpha value is -2.33. The van der Waals surface area contributed by atoms with Gasteiger partial charge >= 0.3 is 0 Å². The molecule has 0 saturated heterocycles. The van der Waals surface area contributed by atoms with Gasteiger partial charge in [0.15, 0.2) is 0 Å². The van der Waals surface area contributed by atoms with Crippen LogP contribution in [0.2, 0.25) is 5.02 Å². The van der Waals surface area contributed by atoms with Crippen molar-refractivity contribution in [2.24, 2.45) is 0 Å². The van der Waals surface area contributed by atoms with E-state index < -0.39 is 11.7 Å². The Kier molecular flexibility index (Phi) is 4.86. The van der Waals surface area contributed by atoms with E-state index in [4.69, 9.17) is 16.3 Å². The largest absolute Gasteiger partial charge is 0.493 e. The van der Waals surface area contributed by atoms with Gasteiger partial charge in [0.2, 0.25) is 0 Å². The van der Waals surface area contributed by atoms with Crippen LogP contribution in [0.4, 0.5) is 5.69 Å². The van der Waals surface area contributed by atoms with E-state index in [-0.39, 0.29) is 0 Å². The minimum absolute atomic E-state index is 0.392. The van der Waals surface area contributed by atoms with E-state index in [0.717, 1.165) is 24.2 Å². The van der Waals surface area contributed by atoms with Crippen molar-refractivity contribution < 1.29 is 14.3 Å².